The third kappa shape index (κ3) is 7.90. The van der Waals surface area contributed by atoms with E-state index in [4.69, 9.17) is 18.9 Å². The minimum atomic E-state index is -0.713. The van der Waals surface area contributed by atoms with Crippen LogP contribution in [0.15, 0.2) is 96.1 Å². The number of nitrogens with one attached hydrogen (secondary N) is 2. The number of nitro benzene ring substituents is 1. The number of nitrogens with zero attached hydrogens (tertiary/aromatic N) is 2. The largest absolute Gasteiger partial charge is 0.490 e. The fraction of sp³-hybridized carbons (Fsp3) is 0.0909. The lowest BCUT2D eigenvalue weighted by Crippen LogP contribution is -2.18. The molecule has 232 valence electrons. The van der Waals surface area contributed by atoms with E-state index in [-0.39, 0.29) is 42.1 Å². The van der Waals surface area contributed by atoms with E-state index >= 15 is 0 Å². The first kappa shape index (κ1) is 30.9. The molecule has 1 heterocycles. The van der Waals surface area contributed by atoms with Gasteiger partial charge in [0.2, 0.25) is 6.79 Å². The number of anilines is 1. The van der Waals surface area contributed by atoms with Gasteiger partial charge in [-0.1, -0.05) is 18.2 Å². The average molecular weight is 623 g/mol. The summed E-state index contributed by atoms with van der Waals surface area (Å²) < 4.78 is 21.6. The second kappa shape index (κ2) is 14.3. The van der Waals surface area contributed by atoms with Crippen molar-refractivity contribution < 1.29 is 38.3 Å². The number of rotatable bonds is 11. The number of nitro groups is 1. The van der Waals surface area contributed by atoms with Crippen molar-refractivity contribution in [2.45, 2.75) is 6.92 Å². The highest BCUT2D eigenvalue weighted by Gasteiger charge is 2.17. The molecule has 13 nitrogen and oxygen atoms in total. The topological polar surface area (TPSA) is 168 Å². The maximum atomic E-state index is 12.7. The number of ether oxygens (including phenoxy) is 4. The molecule has 0 aromatic heterocycles. The van der Waals surface area contributed by atoms with Gasteiger partial charge in [-0.3, -0.25) is 19.7 Å². The number of fused-ring (bicyclic) bond motifs is 1. The van der Waals surface area contributed by atoms with E-state index < -0.39 is 16.8 Å². The number of non-ortho nitro benzene ring substituents is 1. The van der Waals surface area contributed by atoms with Gasteiger partial charge < -0.3 is 24.3 Å². The predicted molar refractivity (Wildman–Crippen MR) is 167 cm³/mol. The molecule has 1 aliphatic rings. The molecular weight excluding hydrogens is 596 g/mol. The molecule has 0 radical (unpaired) electrons. The molecule has 0 saturated heterocycles. The molecule has 2 amide bonds. The second-order valence-corrected chi connectivity index (χ2v) is 9.55. The van der Waals surface area contributed by atoms with Crippen molar-refractivity contribution in [1.29, 1.82) is 0 Å². The van der Waals surface area contributed by atoms with Gasteiger partial charge in [0, 0.05) is 35.0 Å². The zero-order valence-corrected chi connectivity index (χ0v) is 24.3. The summed E-state index contributed by atoms with van der Waals surface area (Å²) >= 11 is 0. The lowest BCUT2D eigenvalue weighted by molar-refractivity contribution is -0.384. The van der Waals surface area contributed by atoms with E-state index in [0.29, 0.717) is 33.9 Å². The van der Waals surface area contributed by atoms with Crippen molar-refractivity contribution in [1.82, 2.24) is 5.43 Å². The van der Waals surface area contributed by atoms with Crippen LogP contribution in [0.5, 0.6) is 23.0 Å². The molecule has 4 aromatic rings. The van der Waals surface area contributed by atoms with Gasteiger partial charge in [-0.05, 0) is 78.7 Å². The normalized spacial score (nSPS) is 11.8. The molecule has 0 fully saturated rings. The van der Waals surface area contributed by atoms with Gasteiger partial charge in [-0.15, -0.1) is 0 Å². The highest BCUT2D eigenvalue weighted by atomic mass is 16.7. The minimum absolute atomic E-state index is 0.0976. The summed E-state index contributed by atoms with van der Waals surface area (Å²) in [6.45, 7) is 2.15. The summed E-state index contributed by atoms with van der Waals surface area (Å²) in [6.07, 6.45) is 3.94. The number of carbonyl (C=O) groups excluding carboxylic acids is 3. The van der Waals surface area contributed by atoms with Crippen LogP contribution >= 0.6 is 0 Å². The van der Waals surface area contributed by atoms with Crippen molar-refractivity contribution in [3.05, 3.63) is 123 Å². The Morgan fingerprint density at radius 1 is 0.891 bits per heavy atom. The summed E-state index contributed by atoms with van der Waals surface area (Å²) in [4.78, 5) is 48.3. The van der Waals surface area contributed by atoms with Crippen molar-refractivity contribution in [2.24, 2.45) is 5.10 Å². The SMILES string of the molecule is CCOc1cc(C=NNC(=O)c2cccc(NC(=O)c3ccc4c(c3)OCO4)c2)ccc1OC(=O)/C=C/c1cccc([N+](=O)[O-])c1. The molecule has 1 aliphatic heterocycles. The van der Waals surface area contributed by atoms with Crippen LogP contribution in [0.2, 0.25) is 0 Å². The van der Waals surface area contributed by atoms with Crippen LogP contribution in [0.3, 0.4) is 0 Å². The standard InChI is InChI=1S/C33H26N4O9/c1-2-43-29-16-22(9-12-28(29)46-31(38)14-10-21-5-3-8-26(15-21)37(41)42)19-34-36-33(40)23-6-4-7-25(17-23)35-32(39)24-11-13-27-30(18-24)45-20-44-27/h3-19H,2,20H2,1H3,(H,35,39)(H,36,40)/b14-10+,34-19?. The molecule has 0 atom stereocenters. The quantitative estimate of drug-likeness (QED) is 0.0559. The van der Waals surface area contributed by atoms with E-state index in [2.05, 4.69) is 15.8 Å². The average Bonchev–Trinajstić information content (AvgIpc) is 3.53. The Kier molecular flexibility index (Phi) is 9.63. The number of benzene rings is 4. The monoisotopic (exact) mass is 622 g/mol. The second-order valence-electron chi connectivity index (χ2n) is 9.55. The lowest BCUT2D eigenvalue weighted by atomic mass is 10.1. The molecule has 13 heteroatoms. The van der Waals surface area contributed by atoms with E-state index in [9.17, 15) is 24.5 Å². The molecule has 5 rings (SSSR count). The highest BCUT2D eigenvalue weighted by Crippen LogP contribution is 2.33. The van der Waals surface area contributed by atoms with E-state index in [1.807, 2.05) is 0 Å². The molecule has 0 saturated carbocycles. The molecule has 46 heavy (non-hydrogen) atoms. The Bertz CT molecular complexity index is 1870. The number of hydrazone groups is 1. The van der Waals surface area contributed by atoms with Gasteiger partial charge in [-0.2, -0.15) is 5.10 Å². The maximum absolute atomic E-state index is 12.7. The summed E-state index contributed by atoms with van der Waals surface area (Å²) in [7, 11) is 0. The van der Waals surface area contributed by atoms with Gasteiger partial charge in [-0.25, -0.2) is 10.2 Å². The van der Waals surface area contributed by atoms with Gasteiger partial charge in [0.15, 0.2) is 23.0 Å². The number of amides is 2. The van der Waals surface area contributed by atoms with E-state index in [1.54, 1.807) is 61.5 Å². The minimum Gasteiger partial charge on any atom is -0.490 e. The number of esters is 1. The lowest BCUT2D eigenvalue weighted by Gasteiger charge is -2.10. The van der Waals surface area contributed by atoms with Crippen LogP contribution in [0.1, 0.15) is 38.8 Å². The third-order valence-electron chi connectivity index (χ3n) is 6.37. The summed E-state index contributed by atoms with van der Waals surface area (Å²) in [5.41, 5.74) is 4.38. The van der Waals surface area contributed by atoms with E-state index in [1.165, 1.54) is 42.6 Å². The molecule has 0 spiro atoms. The van der Waals surface area contributed by atoms with Crippen LogP contribution in [0.25, 0.3) is 6.08 Å². The molecule has 2 N–H and O–H groups in total. The summed E-state index contributed by atoms with van der Waals surface area (Å²) in [5, 5.41) is 17.7. The van der Waals surface area contributed by atoms with Crippen molar-refractivity contribution in [3.63, 3.8) is 0 Å². The molecule has 0 aliphatic carbocycles. The first-order chi connectivity index (χ1) is 22.3. The molecule has 0 bridgehead atoms. The van der Waals surface area contributed by atoms with Gasteiger partial charge in [0.1, 0.15) is 0 Å². The van der Waals surface area contributed by atoms with Gasteiger partial charge in [0.05, 0.1) is 17.7 Å². The Labute approximate surface area is 262 Å². The smallest absolute Gasteiger partial charge is 0.336 e. The van der Waals surface area contributed by atoms with Gasteiger partial charge in [0.25, 0.3) is 17.5 Å². The van der Waals surface area contributed by atoms with Crippen molar-refractivity contribution >= 4 is 41.4 Å². The Balaban J connectivity index is 1.18. The Hall–Kier alpha value is -6.50. The zero-order chi connectivity index (χ0) is 32.5. The molecular formula is C33H26N4O9. The van der Waals surface area contributed by atoms with Crippen molar-refractivity contribution in [3.8, 4) is 23.0 Å². The zero-order valence-electron chi connectivity index (χ0n) is 24.3. The van der Waals surface area contributed by atoms with Crippen LogP contribution in [0.4, 0.5) is 11.4 Å². The first-order valence-electron chi connectivity index (χ1n) is 13.8. The summed E-state index contributed by atoms with van der Waals surface area (Å²) in [6, 6.07) is 21.7. The van der Waals surface area contributed by atoms with Crippen LogP contribution in [-0.4, -0.2) is 42.3 Å². The van der Waals surface area contributed by atoms with E-state index in [0.717, 1.165) is 6.08 Å². The Morgan fingerprint density at radius 3 is 2.52 bits per heavy atom. The van der Waals surface area contributed by atoms with Crippen LogP contribution in [0, 0.1) is 10.1 Å². The first-order valence-corrected chi connectivity index (χ1v) is 13.8. The molecule has 0 unspecified atom stereocenters. The van der Waals surface area contributed by atoms with Crippen LogP contribution in [-0.2, 0) is 4.79 Å². The highest BCUT2D eigenvalue weighted by molar-refractivity contribution is 6.05. The molecule has 4 aromatic carbocycles. The fourth-order valence-electron chi connectivity index (χ4n) is 4.22. The van der Waals surface area contributed by atoms with Crippen molar-refractivity contribution in [2.75, 3.05) is 18.7 Å². The van der Waals surface area contributed by atoms with Gasteiger partial charge >= 0.3 is 5.97 Å². The number of hydrogen-bond donors (Lipinski definition) is 2. The third-order valence-corrected chi connectivity index (χ3v) is 6.37. The number of carbonyl (C=O) groups is 3. The predicted octanol–water partition coefficient (Wildman–Crippen LogP) is 5.36. The Morgan fingerprint density at radius 2 is 1.70 bits per heavy atom. The fourth-order valence-corrected chi connectivity index (χ4v) is 4.22. The van der Waals surface area contributed by atoms with Crippen LogP contribution < -0.4 is 29.7 Å². The summed E-state index contributed by atoms with van der Waals surface area (Å²) in [5.74, 6) is -0.148. The maximum Gasteiger partial charge on any atom is 0.336 e. The number of hydrogen-bond acceptors (Lipinski definition) is 10.